The minimum Gasteiger partial charge on any atom is -0.434 e. The number of primary amides is 1. The number of carbonyl (C=O) groups excluding carboxylic acids is 2. The first-order chi connectivity index (χ1) is 12.6. The number of benzene rings is 1. The summed E-state index contributed by atoms with van der Waals surface area (Å²) in [4.78, 5) is 24.4. The molecule has 144 valence electrons. The van der Waals surface area contributed by atoms with E-state index in [4.69, 9.17) is 22.1 Å². The topological polar surface area (TPSA) is 101 Å². The highest BCUT2D eigenvalue weighted by atomic mass is 35.5. The largest absolute Gasteiger partial charge is 0.435 e. The van der Waals surface area contributed by atoms with Crippen molar-refractivity contribution in [2.45, 2.75) is 18.3 Å². The molecule has 7 nitrogen and oxygen atoms in total. The Balaban J connectivity index is 2.07. The van der Waals surface area contributed by atoms with Crippen molar-refractivity contribution >= 4 is 23.6 Å². The van der Waals surface area contributed by atoms with E-state index in [9.17, 15) is 27.2 Å². The van der Waals surface area contributed by atoms with Gasteiger partial charge in [0.25, 0.3) is 5.91 Å². The fourth-order valence-electron chi connectivity index (χ4n) is 2.67. The summed E-state index contributed by atoms with van der Waals surface area (Å²) in [6.07, 6.45) is -6.98. The molecule has 0 bridgehead atoms. The molecule has 12 heteroatoms. The first kappa shape index (κ1) is 19.0. The quantitative estimate of drug-likeness (QED) is 0.762. The summed E-state index contributed by atoms with van der Waals surface area (Å²) >= 11 is 5.76. The highest BCUT2D eigenvalue weighted by Crippen LogP contribution is 2.36. The summed E-state index contributed by atoms with van der Waals surface area (Å²) in [5.41, 5.74) is 3.96. The third-order valence-electron chi connectivity index (χ3n) is 3.91. The van der Waals surface area contributed by atoms with Crippen LogP contribution in [0.5, 0.6) is 0 Å². The van der Waals surface area contributed by atoms with E-state index < -0.39 is 41.8 Å². The molecule has 1 saturated heterocycles. The lowest BCUT2D eigenvalue weighted by atomic mass is 10.0. The molecule has 0 saturated carbocycles. The molecule has 3 rings (SSSR count). The molecule has 1 aliphatic heterocycles. The van der Waals surface area contributed by atoms with Gasteiger partial charge in [0, 0.05) is 0 Å². The molecule has 0 spiro atoms. The number of aromatic amines is 1. The number of H-pyrrole nitrogens is 1. The summed E-state index contributed by atoms with van der Waals surface area (Å²) < 4.78 is 57.0. The van der Waals surface area contributed by atoms with Crippen molar-refractivity contribution in [3.8, 4) is 0 Å². The van der Waals surface area contributed by atoms with Crippen LogP contribution in [0.15, 0.2) is 24.3 Å². The van der Waals surface area contributed by atoms with Gasteiger partial charge < -0.3 is 10.5 Å². The predicted octanol–water partition coefficient (Wildman–Crippen LogP) is 2.62. The Hall–Kier alpha value is -2.82. The molecule has 1 aliphatic rings. The summed E-state index contributed by atoms with van der Waals surface area (Å²) in [5.74, 6) is -1.67. The minimum absolute atomic E-state index is 0.132. The maximum Gasteiger partial charge on any atom is 0.435 e. The van der Waals surface area contributed by atoms with E-state index in [0.717, 1.165) is 17.0 Å². The van der Waals surface area contributed by atoms with E-state index in [2.05, 4.69) is 10.2 Å². The summed E-state index contributed by atoms with van der Waals surface area (Å²) in [6, 6.07) is 2.90. The van der Waals surface area contributed by atoms with Crippen LogP contribution in [0.2, 0.25) is 5.02 Å². The summed E-state index contributed by atoms with van der Waals surface area (Å²) in [5, 5.41) is 5.11. The lowest BCUT2D eigenvalue weighted by molar-refractivity contribution is -0.141. The Labute approximate surface area is 154 Å². The number of hydrogen-bond donors (Lipinski definition) is 2. The van der Waals surface area contributed by atoms with E-state index in [1.54, 1.807) is 0 Å². The maximum absolute atomic E-state index is 13.5. The Bertz CT molecular complexity index is 901. The second-order valence-electron chi connectivity index (χ2n) is 5.71. The third kappa shape index (κ3) is 3.68. The van der Waals surface area contributed by atoms with E-state index in [-0.39, 0.29) is 22.8 Å². The third-order valence-corrected chi connectivity index (χ3v) is 4.20. The standard InChI is InChI=1S/C15H11ClF4N4O3/c16-7-3-6(1-2-8(7)17)12(9-4-11(23-22-9)15(18,19)20)24-5-10(13(21)25)27-14(24)26/h1-4,10,12H,5H2,(H2,21,25)(H,22,23)/t10?,12-/m1/s1. The molecular formula is C15H11ClF4N4O3. The van der Waals surface area contributed by atoms with Crippen molar-refractivity contribution in [3.63, 3.8) is 0 Å². The highest BCUT2D eigenvalue weighted by Gasteiger charge is 2.42. The lowest BCUT2D eigenvalue weighted by Crippen LogP contribution is -2.35. The first-order valence-corrected chi connectivity index (χ1v) is 7.79. The number of aromatic nitrogens is 2. The van der Waals surface area contributed by atoms with E-state index >= 15 is 0 Å². The number of alkyl halides is 3. The molecule has 2 aromatic rings. The Morgan fingerprint density at radius 1 is 1.41 bits per heavy atom. The Morgan fingerprint density at radius 2 is 2.11 bits per heavy atom. The smallest absolute Gasteiger partial charge is 0.434 e. The average Bonchev–Trinajstić information content (AvgIpc) is 3.19. The predicted molar refractivity (Wildman–Crippen MR) is 83.0 cm³/mol. The number of nitrogens with one attached hydrogen (secondary N) is 1. The van der Waals surface area contributed by atoms with Gasteiger partial charge in [-0.15, -0.1) is 0 Å². The first-order valence-electron chi connectivity index (χ1n) is 7.42. The van der Waals surface area contributed by atoms with Gasteiger partial charge in [-0.2, -0.15) is 18.3 Å². The Morgan fingerprint density at radius 3 is 2.63 bits per heavy atom. The van der Waals surface area contributed by atoms with Crippen LogP contribution < -0.4 is 5.73 Å². The van der Waals surface area contributed by atoms with Gasteiger partial charge in [0.15, 0.2) is 11.8 Å². The zero-order valence-electron chi connectivity index (χ0n) is 13.3. The van der Waals surface area contributed by atoms with Gasteiger partial charge in [-0.05, 0) is 23.8 Å². The maximum atomic E-state index is 13.5. The molecule has 1 fully saturated rings. The van der Waals surface area contributed by atoms with Gasteiger partial charge in [0.1, 0.15) is 11.9 Å². The second kappa shape index (κ2) is 6.72. The van der Waals surface area contributed by atoms with Crippen LogP contribution in [0.4, 0.5) is 22.4 Å². The monoisotopic (exact) mass is 406 g/mol. The van der Waals surface area contributed by atoms with Crippen LogP contribution in [0, 0.1) is 5.82 Å². The van der Waals surface area contributed by atoms with Crippen molar-refractivity contribution in [3.05, 3.63) is 52.1 Å². The second-order valence-corrected chi connectivity index (χ2v) is 6.12. The summed E-state index contributed by atoms with van der Waals surface area (Å²) in [6.45, 7) is -0.311. The average molecular weight is 407 g/mol. The zero-order valence-corrected chi connectivity index (χ0v) is 14.0. The van der Waals surface area contributed by atoms with Crippen molar-refractivity contribution in [1.29, 1.82) is 0 Å². The number of amides is 2. The van der Waals surface area contributed by atoms with Gasteiger partial charge in [-0.3, -0.25) is 14.8 Å². The number of nitrogens with two attached hydrogens (primary N) is 1. The Kier molecular flexibility index (Phi) is 4.72. The minimum atomic E-state index is -4.72. The molecule has 27 heavy (non-hydrogen) atoms. The van der Waals surface area contributed by atoms with Crippen molar-refractivity contribution in [2.75, 3.05) is 6.54 Å². The molecular weight excluding hydrogens is 396 g/mol. The number of ether oxygens (including phenoxy) is 1. The molecule has 0 radical (unpaired) electrons. The molecule has 1 unspecified atom stereocenters. The van der Waals surface area contributed by atoms with Gasteiger partial charge in [0.05, 0.1) is 17.3 Å². The SMILES string of the molecule is NC(=O)C1CN([C@H](c2ccc(F)c(Cl)c2)c2cc(C(F)(F)F)n[nH]2)C(=O)O1. The lowest BCUT2D eigenvalue weighted by Gasteiger charge is -2.25. The number of nitrogens with zero attached hydrogens (tertiary/aromatic N) is 2. The number of cyclic esters (lactones) is 1. The zero-order chi connectivity index (χ0) is 19.9. The van der Waals surface area contributed by atoms with Crippen LogP contribution in [-0.2, 0) is 15.7 Å². The van der Waals surface area contributed by atoms with E-state index in [1.165, 1.54) is 6.07 Å². The van der Waals surface area contributed by atoms with Crippen LogP contribution in [-0.4, -0.2) is 39.7 Å². The van der Waals surface area contributed by atoms with Crippen LogP contribution in [0.1, 0.15) is 23.0 Å². The molecule has 2 atom stereocenters. The van der Waals surface area contributed by atoms with Crippen LogP contribution >= 0.6 is 11.6 Å². The normalized spacial score (nSPS) is 18.5. The fourth-order valence-corrected chi connectivity index (χ4v) is 2.86. The van der Waals surface area contributed by atoms with Crippen LogP contribution in [0.25, 0.3) is 0 Å². The van der Waals surface area contributed by atoms with E-state index in [0.29, 0.717) is 6.07 Å². The molecule has 1 aromatic heterocycles. The molecule has 0 aliphatic carbocycles. The number of rotatable bonds is 4. The highest BCUT2D eigenvalue weighted by molar-refractivity contribution is 6.30. The molecule has 1 aromatic carbocycles. The van der Waals surface area contributed by atoms with Crippen molar-refractivity contribution in [2.24, 2.45) is 5.73 Å². The summed E-state index contributed by atoms with van der Waals surface area (Å²) in [7, 11) is 0. The van der Waals surface area contributed by atoms with Gasteiger partial charge in [-0.25, -0.2) is 9.18 Å². The van der Waals surface area contributed by atoms with Crippen molar-refractivity contribution in [1.82, 2.24) is 15.1 Å². The van der Waals surface area contributed by atoms with Crippen LogP contribution in [0.3, 0.4) is 0 Å². The van der Waals surface area contributed by atoms with Gasteiger partial charge in [-0.1, -0.05) is 17.7 Å². The number of carbonyl (C=O) groups is 2. The molecule has 2 heterocycles. The van der Waals surface area contributed by atoms with E-state index in [1.807, 2.05) is 0 Å². The van der Waals surface area contributed by atoms with Crippen molar-refractivity contribution < 1.29 is 31.9 Å². The molecule has 2 amide bonds. The number of hydrogen-bond acceptors (Lipinski definition) is 4. The molecule has 3 N–H and O–H groups in total. The van der Waals surface area contributed by atoms with Gasteiger partial charge >= 0.3 is 12.3 Å². The number of halogens is 5. The fraction of sp³-hybridized carbons (Fsp3) is 0.267. The van der Waals surface area contributed by atoms with Gasteiger partial charge in [0.2, 0.25) is 0 Å².